The first-order valence-electron chi connectivity index (χ1n) is 11.8. The molecule has 40 heavy (non-hydrogen) atoms. The van der Waals surface area contributed by atoms with Crippen LogP contribution >= 0.6 is 25.7 Å². The molecule has 2 unspecified atom stereocenters. The molecule has 2 aliphatic heterocycles. The van der Waals surface area contributed by atoms with Crippen molar-refractivity contribution in [1.82, 2.24) is 44.1 Å². The number of fused-ring (bicyclic) bond motifs is 6. The van der Waals surface area contributed by atoms with E-state index in [0.29, 0.717) is 17.0 Å². The fourth-order valence-corrected chi connectivity index (χ4v) is 7.14. The highest BCUT2D eigenvalue weighted by molar-refractivity contribution is 8.45. The molecule has 6 heterocycles. The summed E-state index contributed by atoms with van der Waals surface area (Å²) < 4.78 is 54.7. The van der Waals surface area contributed by atoms with Crippen LogP contribution < -0.4 is 10.6 Å². The molecule has 0 spiro atoms. The van der Waals surface area contributed by atoms with E-state index in [1.54, 1.807) is 11.5 Å². The van der Waals surface area contributed by atoms with Crippen LogP contribution in [0.2, 0.25) is 0 Å². The van der Waals surface area contributed by atoms with Crippen molar-refractivity contribution in [3.05, 3.63) is 40.9 Å². The van der Waals surface area contributed by atoms with Crippen molar-refractivity contribution < 1.29 is 32.2 Å². The topological polar surface area (TPSA) is 193 Å². The number of H-pyrrole nitrogens is 1. The Morgan fingerprint density at radius 1 is 1.27 bits per heavy atom. The van der Waals surface area contributed by atoms with Crippen molar-refractivity contribution in [2.75, 3.05) is 13.2 Å². The Kier molecular flexibility index (Phi) is 7.40. The number of aromatic amines is 1. The number of halogens is 1. The molecule has 2 aliphatic rings. The molecule has 0 amide bonds. The Morgan fingerprint density at radius 2 is 2.10 bits per heavy atom. The highest BCUT2D eigenvalue weighted by atomic mass is 32.7. The lowest BCUT2D eigenvalue weighted by Gasteiger charge is -2.24. The molecular formula is C19H22FN9O7P2S2. The summed E-state index contributed by atoms with van der Waals surface area (Å²) in [5.74, 6) is 0.653. The average molecular weight is 634 g/mol. The first-order chi connectivity index (χ1) is 19.0. The van der Waals surface area contributed by atoms with E-state index in [2.05, 4.69) is 47.2 Å². The minimum Gasteiger partial charge on any atom is -0.346 e. The SMILES string of the molecule is Cc1nc2c(ncn2[C@@H]2O[C@@H]3COP(O)(=S)OCCn4c(nc5cncnc54)CNP(=O)(S)O[C@@H]2[C@@H]3F)c(=O)[nH]1. The normalized spacial score (nSPS) is 32.1. The van der Waals surface area contributed by atoms with Crippen LogP contribution in [0.1, 0.15) is 17.9 Å². The Hall–Kier alpha value is -2.18. The maximum absolute atomic E-state index is 15.8. The van der Waals surface area contributed by atoms with Gasteiger partial charge in [0.1, 0.15) is 35.7 Å². The highest BCUT2D eigenvalue weighted by Gasteiger charge is 2.50. The van der Waals surface area contributed by atoms with Crippen LogP contribution in [-0.2, 0) is 47.8 Å². The molecule has 1 fully saturated rings. The van der Waals surface area contributed by atoms with Gasteiger partial charge in [-0.15, -0.1) is 0 Å². The largest absolute Gasteiger partial charge is 0.346 e. The van der Waals surface area contributed by atoms with Gasteiger partial charge in [-0.1, -0.05) is 12.2 Å². The van der Waals surface area contributed by atoms with Crippen LogP contribution in [0, 0.1) is 6.92 Å². The highest BCUT2D eigenvalue weighted by Crippen LogP contribution is 2.53. The molecule has 21 heteroatoms. The fraction of sp³-hybridized carbons (Fsp3) is 0.474. The molecule has 0 aliphatic carbocycles. The van der Waals surface area contributed by atoms with Crippen molar-refractivity contribution in [3.8, 4) is 0 Å². The van der Waals surface area contributed by atoms with Gasteiger partial charge in [0.15, 0.2) is 29.2 Å². The number of ether oxygens (including phenoxy) is 1. The Morgan fingerprint density at radius 3 is 2.92 bits per heavy atom. The average Bonchev–Trinajstić information content (AvgIpc) is 3.55. The van der Waals surface area contributed by atoms with Crippen molar-refractivity contribution in [2.24, 2.45) is 0 Å². The molecule has 6 atom stereocenters. The zero-order valence-corrected chi connectivity index (χ0v) is 24.0. The van der Waals surface area contributed by atoms with Gasteiger partial charge >= 0.3 is 13.4 Å². The number of alkyl halides is 1. The molecule has 6 rings (SSSR count). The molecule has 214 valence electrons. The summed E-state index contributed by atoms with van der Waals surface area (Å²) in [5.41, 5.74) is 0.489. The predicted octanol–water partition coefficient (Wildman–Crippen LogP) is 1.28. The third-order valence-electron chi connectivity index (χ3n) is 6.25. The van der Waals surface area contributed by atoms with Crippen LogP contribution in [0.15, 0.2) is 23.6 Å². The quantitative estimate of drug-likeness (QED) is 0.173. The van der Waals surface area contributed by atoms with Gasteiger partial charge in [0.05, 0.1) is 32.3 Å². The van der Waals surface area contributed by atoms with Gasteiger partial charge < -0.3 is 28.2 Å². The Labute approximate surface area is 234 Å². The number of rotatable bonds is 1. The number of aryl methyl sites for hydroxylation is 1. The van der Waals surface area contributed by atoms with E-state index in [-0.39, 0.29) is 36.7 Å². The van der Waals surface area contributed by atoms with Gasteiger partial charge in [-0.05, 0) is 18.7 Å². The molecule has 2 bridgehead atoms. The number of thiol groups is 1. The molecule has 0 saturated carbocycles. The monoisotopic (exact) mass is 633 g/mol. The number of hydrogen-bond donors (Lipinski definition) is 4. The van der Waals surface area contributed by atoms with Gasteiger partial charge in [0.2, 0.25) is 0 Å². The van der Waals surface area contributed by atoms with Crippen molar-refractivity contribution in [3.63, 3.8) is 0 Å². The second-order valence-electron chi connectivity index (χ2n) is 8.92. The molecule has 16 nitrogen and oxygen atoms in total. The van der Waals surface area contributed by atoms with Gasteiger partial charge in [0, 0.05) is 6.54 Å². The molecule has 0 aromatic carbocycles. The van der Waals surface area contributed by atoms with E-state index in [1.165, 1.54) is 23.4 Å². The van der Waals surface area contributed by atoms with Crippen LogP contribution in [0.25, 0.3) is 22.3 Å². The van der Waals surface area contributed by atoms with E-state index in [1.807, 2.05) is 0 Å². The summed E-state index contributed by atoms with van der Waals surface area (Å²) in [6.45, 7) is -6.86. The van der Waals surface area contributed by atoms with E-state index >= 15 is 4.39 Å². The number of nitrogens with zero attached hydrogens (tertiary/aromatic N) is 7. The summed E-state index contributed by atoms with van der Waals surface area (Å²) in [6, 6.07) is 0. The van der Waals surface area contributed by atoms with E-state index in [9.17, 15) is 14.3 Å². The molecule has 4 aromatic rings. The smallest absolute Gasteiger partial charge is 0.324 e. The number of imidazole rings is 2. The lowest BCUT2D eigenvalue weighted by atomic mass is 10.1. The maximum atomic E-state index is 15.8. The summed E-state index contributed by atoms with van der Waals surface area (Å²) in [6.07, 6.45) is -2.01. The molecule has 0 radical (unpaired) electrons. The third kappa shape index (κ3) is 5.38. The fourth-order valence-electron chi connectivity index (χ4n) is 4.51. The zero-order chi connectivity index (χ0) is 28.2. The lowest BCUT2D eigenvalue weighted by Crippen LogP contribution is -2.33. The van der Waals surface area contributed by atoms with Gasteiger partial charge in [-0.25, -0.2) is 34.4 Å². The molecular weight excluding hydrogens is 611 g/mol. The number of aromatic nitrogens is 8. The van der Waals surface area contributed by atoms with Crippen LogP contribution in [-0.4, -0.2) is 75.5 Å². The Bertz CT molecular complexity index is 1750. The molecule has 3 N–H and O–H groups in total. The number of nitrogens with one attached hydrogen (secondary N) is 2. The van der Waals surface area contributed by atoms with E-state index in [4.69, 9.17) is 30.1 Å². The van der Waals surface area contributed by atoms with Crippen molar-refractivity contribution in [2.45, 2.75) is 44.6 Å². The lowest BCUT2D eigenvalue weighted by molar-refractivity contribution is -0.0436. The number of hydrogen-bond acceptors (Lipinski definition) is 12. The summed E-state index contributed by atoms with van der Waals surface area (Å²) in [4.78, 5) is 46.5. The molecule has 4 aromatic heterocycles. The van der Waals surface area contributed by atoms with E-state index < -0.39 is 50.2 Å². The maximum Gasteiger partial charge on any atom is 0.324 e. The summed E-state index contributed by atoms with van der Waals surface area (Å²) in [5, 5.41) is 2.70. The van der Waals surface area contributed by atoms with Gasteiger partial charge in [-0.3, -0.25) is 18.5 Å². The van der Waals surface area contributed by atoms with Crippen molar-refractivity contribution in [1.29, 1.82) is 0 Å². The summed E-state index contributed by atoms with van der Waals surface area (Å²) >= 11 is 9.29. The first kappa shape index (κ1) is 28.0. The molecule has 1 saturated heterocycles. The predicted molar refractivity (Wildman–Crippen MR) is 144 cm³/mol. The van der Waals surface area contributed by atoms with Gasteiger partial charge in [-0.2, -0.15) is 0 Å². The van der Waals surface area contributed by atoms with E-state index in [0.717, 1.165) is 0 Å². The Balaban J connectivity index is 1.38. The zero-order valence-electron chi connectivity index (χ0n) is 20.5. The second kappa shape index (κ2) is 10.6. The first-order valence-corrected chi connectivity index (χ1v) is 17.1. The van der Waals surface area contributed by atoms with Crippen LogP contribution in [0.3, 0.4) is 0 Å². The van der Waals surface area contributed by atoms with Crippen LogP contribution in [0.5, 0.6) is 0 Å². The van der Waals surface area contributed by atoms with Gasteiger partial charge in [0.25, 0.3) is 5.56 Å². The summed E-state index contributed by atoms with van der Waals surface area (Å²) in [7, 11) is 0. The second-order valence-corrected chi connectivity index (χ2v) is 14.9. The van der Waals surface area contributed by atoms with Crippen molar-refractivity contribution >= 4 is 59.8 Å². The minimum absolute atomic E-state index is 0.0151. The standard InChI is InChI=1S/C19H22FN9O7P2S2/c1-9-25-17-14(18(30)26-9)23-8-29(17)19-15-13(20)11(35-19)6-34-38(32,40)33-3-2-28-12(5-24-37(31,39)36-15)27-10-4-21-7-22-16(10)28/h4,7-8,11,13,15,19H,2-3,5-6H2,1H3,(H,32,40)(H2,24,31,39)(H,25,26,30)/t11-,13-,15-,19-,37?,38?/m1/s1. The van der Waals surface area contributed by atoms with Crippen LogP contribution in [0.4, 0.5) is 4.39 Å². The minimum atomic E-state index is -4.02. The third-order valence-corrected chi connectivity index (χ3v) is 9.66.